The number of carboxylic acids is 1. The van der Waals surface area contributed by atoms with Gasteiger partial charge in [-0.2, -0.15) is 0 Å². The first-order valence-electron chi connectivity index (χ1n) is 3.80. The number of carboxylic acid groups (broad SMARTS) is 1. The minimum absolute atomic E-state index is 0.0361. The zero-order chi connectivity index (χ0) is 8.97. The Balaban J connectivity index is 2.21. The van der Waals surface area contributed by atoms with Gasteiger partial charge in [0.15, 0.2) is 0 Å². The largest absolute Gasteiger partial charge is 0.480 e. The normalized spacial score (nSPS) is 29.1. The molecule has 1 heterocycles. The molecule has 0 amide bonds. The third-order valence-electron chi connectivity index (χ3n) is 1.81. The van der Waals surface area contributed by atoms with Gasteiger partial charge in [0.2, 0.25) is 0 Å². The monoisotopic (exact) mass is 175 g/mol. The van der Waals surface area contributed by atoms with E-state index in [1.54, 1.807) is 0 Å². The summed E-state index contributed by atoms with van der Waals surface area (Å²) in [6, 6.07) is -0.466. The number of carbonyl (C=O) groups is 1. The van der Waals surface area contributed by atoms with E-state index in [1.807, 2.05) is 0 Å². The van der Waals surface area contributed by atoms with Crippen molar-refractivity contribution in [3.8, 4) is 0 Å². The molecular formula is C7H13NO4. The fraction of sp³-hybridized carbons (Fsp3) is 0.857. The van der Waals surface area contributed by atoms with Crippen LogP contribution in [0.15, 0.2) is 0 Å². The number of hydrogen-bond acceptors (Lipinski definition) is 4. The minimum Gasteiger partial charge on any atom is -0.480 e. The third kappa shape index (κ3) is 2.44. The van der Waals surface area contributed by atoms with E-state index < -0.39 is 12.0 Å². The lowest BCUT2D eigenvalue weighted by atomic mass is 10.2. The predicted molar refractivity (Wildman–Crippen MR) is 40.8 cm³/mol. The first-order valence-corrected chi connectivity index (χ1v) is 3.80. The molecule has 0 aromatic rings. The second kappa shape index (κ2) is 4.39. The van der Waals surface area contributed by atoms with Crippen LogP contribution in [0.25, 0.3) is 0 Å². The molecule has 0 spiro atoms. The van der Waals surface area contributed by atoms with Crippen LogP contribution in [0.1, 0.15) is 6.42 Å². The van der Waals surface area contributed by atoms with Gasteiger partial charge < -0.3 is 19.9 Å². The second-order valence-corrected chi connectivity index (χ2v) is 2.73. The molecule has 1 aliphatic heterocycles. The number of aliphatic carboxylic acids is 1. The molecule has 1 saturated heterocycles. The molecule has 1 rings (SSSR count). The van der Waals surface area contributed by atoms with Crippen LogP contribution in [0.5, 0.6) is 0 Å². The quantitative estimate of drug-likeness (QED) is 0.560. The molecule has 5 nitrogen and oxygen atoms in total. The Morgan fingerprint density at radius 3 is 3.00 bits per heavy atom. The number of nitrogens with one attached hydrogen (secondary N) is 1. The van der Waals surface area contributed by atoms with E-state index in [9.17, 15) is 4.79 Å². The number of methoxy groups -OCH3 is 1. The Labute approximate surface area is 70.7 Å². The molecule has 0 saturated carbocycles. The number of rotatable bonds is 4. The van der Waals surface area contributed by atoms with Gasteiger partial charge >= 0.3 is 5.97 Å². The van der Waals surface area contributed by atoms with Crippen molar-refractivity contribution in [1.29, 1.82) is 0 Å². The van der Waals surface area contributed by atoms with E-state index in [2.05, 4.69) is 5.32 Å². The molecule has 0 radical (unpaired) electrons. The van der Waals surface area contributed by atoms with Crippen LogP contribution in [-0.2, 0) is 14.3 Å². The van der Waals surface area contributed by atoms with Gasteiger partial charge in [-0.15, -0.1) is 0 Å². The van der Waals surface area contributed by atoms with Crippen molar-refractivity contribution < 1.29 is 19.4 Å². The number of ether oxygens (including phenoxy) is 2. The highest BCUT2D eigenvalue weighted by Crippen LogP contribution is 2.10. The van der Waals surface area contributed by atoms with Gasteiger partial charge in [-0.1, -0.05) is 0 Å². The van der Waals surface area contributed by atoms with Gasteiger partial charge in [0, 0.05) is 20.1 Å². The first kappa shape index (κ1) is 9.44. The maximum absolute atomic E-state index is 10.5. The van der Waals surface area contributed by atoms with Crippen molar-refractivity contribution in [2.24, 2.45) is 0 Å². The van der Waals surface area contributed by atoms with E-state index in [4.69, 9.17) is 14.6 Å². The topological polar surface area (TPSA) is 67.8 Å². The summed E-state index contributed by atoms with van der Waals surface area (Å²) in [5, 5.41) is 11.4. The standard InChI is InChI=1S/C7H13NO4/c1-11-4-12-5-2-6(7(9)10)8-3-5/h5-6,8H,2-4H2,1H3,(H,9,10)/t5-,6+/m1/s1. The molecule has 12 heavy (non-hydrogen) atoms. The molecule has 0 bridgehead atoms. The first-order chi connectivity index (χ1) is 5.74. The van der Waals surface area contributed by atoms with Crippen LogP contribution >= 0.6 is 0 Å². The van der Waals surface area contributed by atoms with Crippen molar-refractivity contribution in [3.63, 3.8) is 0 Å². The summed E-state index contributed by atoms with van der Waals surface area (Å²) >= 11 is 0. The van der Waals surface area contributed by atoms with E-state index in [1.165, 1.54) is 7.11 Å². The third-order valence-corrected chi connectivity index (χ3v) is 1.81. The van der Waals surface area contributed by atoms with Gasteiger partial charge in [0.05, 0.1) is 6.10 Å². The van der Waals surface area contributed by atoms with Gasteiger partial charge in [0.25, 0.3) is 0 Å². The summed E-state index contributed by atoms with van der Waals surface area (Å²) in [7, 11) is 1.54. The fourth-order valence-corrected chi connectivity index (χ4v) is 1.18. The van der Waals surface area contributed by atoms with Crippen LogP contribution in [0.2, 0.25) is 0 Å². The molecule has 2 N–H and O–H groups in total. The van der Waals surface area contributed by atoms with Gasteiger partial charge in [0.1, 0.15) is 12.8 Å². The molecule has 2 atom stereocenters. The Morgan fingerprint density at radius 1 is 1.75 bits per heavy atom. The zero-order valence-corrected chi connectivity index (χ0v) is 6.95. The Hall–Kier alpha value is -0.650. The molecule has 5 heteroatoms. The molecule has 0 aromatic carbocycles. The van der Waals surface area contributed by atoms with Crippen molar-refractivity contribution in [3.05, 3.63) is 0 Å². The molecular weight excluding hydrogens is 162 g/mol. The number of hydrogen-bond donors (Lipinski definition) is 2. The highest BCUT2D eigenvalue weighted by molar-refractivity contribution is 5.73. The van der Waals surface area contributed by atoms with Gasteiger partial charge in [-0.25, -0.2) is 0 Å². The van der Waals surface area contributed by atoms with Gasteiger partial charge in [-0.3, -0.25) is 4.79 Å². The van der Waals surface area contributed by atoms with Crippen molar-refractivity contribution in [1.82, 2.24) is 5.32 Å². The summed E-state index contributed by atoms with van der Waals surface area (Å²) in [4.78, 5) is 10.5. The second-order valence-electron chi connectivity index (χ2n) is 2.73. The van der Waals surface area contributed by atoms with Crippen LogP contribution in [-0.4, -0.2) is 43.7 Å². The summed E-state index contributed by atoms with van der Waals surface area (Å²) in [6.07, 6.45) is 0.477. The van der Waals surface area contributed by atoms with Crippen LogP contribution in [0, 0.1) is 0 Å². The lowest BCUT2D eigenvalue weighted by Crippen LogP contribution is -2.29. The fourth-order valence-electron chi connectivity index (χ4n) is 1.18. The van der Waals surface area contributed by atoms with E-state index >= 15 is 0 Å². The SMILES string of the molecule is COCO[C@H]1CN[C@H](C(=O)O)C1. The Morgan fingerprint density at radius 2 is 2.50 bits per heavy atom. The average Bonchev–Trinajstić information content (AvgIpc) is 2.48. The smallest absolute Gasteiger partial charge is 0.320 e. The lowest BCUT2D eigenvalue weighted by Gasteiger charge is -2.08. The lowest BCUT2D eigenvalue weighted by molar-refractivity contribution is -0.139. The molecule has 0 aliphatic carbocycles. The van der Waals surface area contributed by atoms with Crippen molar-refractivity contribution in [2.75, 3.05) is 20.4 Å². The molecule has 1 aliphatic rings. The molecule has 0 aromatic heterocycles. The predicted octanol–water partition coefficient (Wildman–Crippen LogP) is -0.578. The highest BCUT2D eigenvalue weighted by Gasteiger charge is 2.29. The van der Waals surface area contributed by atoms with Crippen LogP contribution < -0.4 is 5.32 Å². The van der Waals surface area contributed by atoms with Crippen molar-refractivity contribution in [2.45, 2.75) is 18.6 Å². The summed E-state index contributed by atoms with van der Waals surface area (Å²) in [5.41, 5.74) is 0. The molecule has 70 valence electrons. The van der Waals surface area contributed by atoms with Crippen LogP contribution in [0.3, 0.4) is 0 Å². The molecule has 1 fully saturated rings. The summed E-state index contributed by atoms with van der Waals surface area (Å²) in [5.74, 6) is -0.821. The summed E-state index contributed by atoms with van der Waals surface area (Å²) in [6.45, 7) is 0.805. The van der Waals surface area contributed by atoms with E-state index in [-0.39, 0.29) is 12.9 Å². The Bertz CT molecular complexity index is 161. The average molecular weight is 175 g/mol. The highest BCUT2D eigenvalue weighted by atomic mass is 16.7. The molecule has 0 unspecified atom stereocenters. The van der Waals surface area contributed by atoms with E-state index in [0.29, 0.717) is 13.0 Å². The zero-order valence-electron chi connectivity index (χ0n) is 6.95. The maximum Gasteiger partial charge on any atom is 0.320 e. The summed E-state index contributed by atoms with van der Waals surface area (Å²) < 4.78 is 9.89. The van der Waals surface area contributed by atoms with Crippen LogP contribution in [0.4, 0.5) is 0 Å². The maximum atomic E-state index is 10.5. The van der Waals surface area contributed by atoms with Gasteiger partial charge in [-0.05, 0) is 0 Å². The van der Waals surface area contributed by atoms with Crippen molar-refractivity contribution >= 4 is 5.97 Å². The van der Waals surface area contributed by atoms with E-state index in [0.717, 1.165) is 0 Å². The Kier molecular flexibility index (Phi) is 3.46. The minimum atomic E-state index is -0.821.